The number of amides is 1. The third-order valence-electron chi connectivity index (χ3n) is 3.31. The molecule has 1 heterocycles. The van der Waals surface area contributed by atoms with Gasteiger partial charge in [-0.2, -0.15) is 0 Å². The first-order chi connectivity index (χ1) is 10.0. The first-order valence-corrected chi connectivity index (χ1v) is 6.85. The Morgan fingerprint density at radius 3 is 2.71 bits per heavy atom. The van der Waals surface area contributed by atoms with Crippen molar-refractivity contribution in [1.29, 1.82) is 0 Å². The highest BCUT2D eigenvalue weighted by atomic mass is 16.5. The second kappa shape index (κ2) is 6.39. The van der Waals surface area contributed by atoms with Crippen molar-refractivity contribution in [2.24, 2.45) is 0 Å². The molecule has 6 nitrogen and oxygen atoms in total. The summed E-state index contributed by atoms with van der Waals surface area (Å²) in [5.74, 6) is -0.727. The fraction of sp³-hybridized carbons (Fsp3) is 0.400. The molecular weight excluding hydrogens is 274 g/mol. The highest BCUT2D eigenvalue weighted by Gasteiger charge is 2.23. The number of fused-ring (bicyclic) bond motifs is 1. The summed E-state index contributed by atoms with van der Waals surface area (Å²) >= 11 is 0. The number of rotatable bonds is 5. The first-order valence-electron chi connectivity index (χ1n) is 6.85. The van der Waals surface area contributed by atoms with Crippen LogP contribution in [0.15, 0.2) is 18.2 Å². The van der Waals surface area contributed by atoms with Crippen molar-refractivity contribution < 1.29 is 24.2 Å². The van der Waals surface area contributed by atoms with Crippen LogP contribution in [0.3, 0.4) is 0 Å². The van der Waals surface area contributed by atoms with E-state index in [4.69, 9.17) is 9.84 Å². The van der Waals surface area contributed by atoms with Gasteiger partial charge in [0.05, 0.1) is 18.7 Å². The van der Waals surface area contributed by atoms with Gasteiger partial charge in [0.15, 0.2) is 5.78 Å². The molecule has 1 aromatic carbocycles. The van der Waals surface area contributed by atoms with Crippen LogP contribution >= 0.6 is 0 Å². The van der Waals surface area contributed by atoms with Crippen LogP contribution in [0.25, 0.3) is 0 Å². The number of ether oxygens (including phenoxy) is 1. The fourth-order valence-corrected chi connectivity index (χ4v) is 2.21. The Balaban J connectivity index is 2.25. The molecular formula is C15H17NO5. The number of carbonyl (C=O) groups is 3. The van der Waals surface area contributed by atoms with Crippen molar-refractivity contribution in [3.8, 4) is 5.75 Å². The molecule has 2 rings (SSSR count). The number of carboxylic acids is 1. The van der Waals surface area contributed by atoms with Crippen LogP contribution in [0.2, 0.25) is 0 Å². The quantitative estimate of drug-likeness (QED) is 0.837. The van der Waals surface area contributed by atoms with Crippen LogP contribution in [0, 0.1) is 0 Å². The van der Waals surface area contributed by atoms with E-state index in [1.54, 1.807) is 30.0 Å². The van der Waals surface area contributed by atoms with Gasteiger partial charge < -0.3 is 14.7 Å². The second-order valence-electron chi connectivity index (χ2n) is 4.75. The third-order valence-corrected chi connectivity index (χ3v) is 3.31. The Morgan fingerprint density at radius 1 is 1.29 bits per heavy atom. The molecule has 0 saturated heterocycles. The largest absolute Gasteiger partial charge is 0.490 e. The molecule has 0 aromatic heterocycles. The van der Waals surface area contributed by atoms with E-state index < -0.39 is 5.97 Å². The average molecular weight is 291 g/mol. The van der Waals surface area contributed by atoms with Crippen LogP contribution in [0.1, 0.15) is 36.5 Å². The molecule has 112 valence electrons. The van der Waals surface area contributed by atoms with Gasteiger partial charge in [-0.25, -0.2) is 0 Å². The standard InChI is InChI=1S/C15H17NO5/c1-2-14(18)16-7-8-21-13-5-3-10(9-11(13)16)12(17)4-6-15(19)20/h3,5,9H,2,4,6-8H2,1H3,(H,19,20). The summed E-state index contributed by atoms with van der Waals surface area (Å²) in [6.45, 7) is 2.65. The number of Topliss-reactive ketones (excluding diaryl/α,β-unsaturated/α-hetero) is 1. The molecule has 1 amide bonds. The Morgan fingerprint density at radius 2 is 2.05 bits per heavy atom. The molecule has 6 heteroatoms. The minimum absolute atomic E-state index is 0.0327. The maximum Gasteiger partial charge on any atom is 0.303 e. The van der Waals surface area contributed by atoms with Crippen molar-refractivity contribution in [3.63, 3.8) is 0 Å². The van der Waals surface area contributed by atoms with E-state index in [1.807, 2.05) is 0 Å². The minimum Gasteiger partial charge on any atom is -0.490 e. The summed E-state index contributed by atoms with van der Waals surface area (Å²) in [5.41, 5.74) is 0.976. The third kappa shape index (κ3) is 3.39. The molecule has 1 aromatic rings. The maximum atomic E-state index is 12.0. The van der Waals surface area contributed by atoms with Crippen LogP contribution in [-0.2, 0) is 9.59 Å². The van der Waals surface area contributed by atoms with Crippen molar-refractivity contribution in [2.75, 3.05) is 18.1 Å². The molecule has 21 heavy (non-hydrogen) atoms. The average Bonchev–Trinajstić information content (AvgIpc) is 2.50. The van der Waals surface area contributed by atoms with Crippen molar-refractivity contribution in [2.45, 2.75) is 26.2 Å². The highest BCUT2D eigenvalue weighted by Crippen LogP contribution is 2.33. The van der Waals surface area contributed by atoms with Gasteiger partial charge in [0.1, 0.15) is 12.4 Å². The zero-order chi connectivity index (χ0) is 15.4. The Bertz CT molecular complexity index is 581. The van der Waals surface area contributed by atoms with E-state index >= 15 is 0 Å². The Labute approximate surface area is 122 Å². The van der Waals surface area contributed by atoms with Gasteiger partial charge in [-0.1, -0.05) is 6.92 Å². The monoisotopic (exact) mass is 291 g/mol. The molecule has 0 fully saturated rings. The van der Waals surface area contributed by atoms with Crippen LogP contribution in [0.4, 0.5) is 5.69 Å². The Kier molecular flexibility index (Phi) is 4.57. The number of carbonyl (C=O) groups excluding carboxylic acids is 2. The predicted octanol–water partition coefficient (Wildman–Crippen LogP) is 1.87. The summed E-state index contributed by atoms with van der Waals surface area (Å²) in [6.07, 6.45) is 0.108. The second-order valence-corrected chi connectivity index (χ2v) is 4.75. The summed E-state index contributed by atoms with van der Waals surface area (Å²) in [4.78, 5) is 36.0. The number of nitrogens with zero attached hydrogens (tertiary/aromatic N) is 1. The predicted molar refractivity (Wildman–Crippen MR) is 75.8 cm³/mol. The lowest BCUT2D eigenvalue weighted by Gasteiger charge is -2.29. The number of hydrogen-bond acceptors (Lipinski definition) is 4. The number of carboxylic acid groups (broad SMARTS) is 1. The molecule has 0 spiro atoms. The van der Waals surface area contributed by atoms with E-state index in [9.17, 15) is 14.4 Å². The molecule has 1 aliphatic rings. The lowest BCUT2D eigenvalue weighted by Crippen LogP contribution is -2.37. The van der Waals surface area contributed by atoms with Gasteiger partial charge >= 0.3 is 5.97 Å². The SMILES string of the molecule is CCC(=O)N1CCOc2ccc(C(=O)CCC(=O)O)cc21. The lowest BCUT2D eigenvalue weighted by molar-refractivity contribution is -0.137. The zero-order valence-corrected chi connectivity index (χ0v) is 11.8. The fourth-order valence-electron chi connectivity index (χ4n) is 2.21. The molecule has 0 radical (unpaired) electrons. The molecule has 0 saturated carbocycles. The van der Waals surface area contributed by atoms with Gasteiger partial charge in [0.2, 0.25) is 5.91 Å². The van der Waals surface area contributed by atoms with Gasteiger partial charge in [0.25, 0.3) is 0 Å². The summed E-state index contributed by atoms with van der Waals surface area (Å²) in [5, 5.41) is 8.62. The molecule has 0 unspecified atom stereocenters. The zero-order valence-electron chi connectivity index (χ0n) is 11.8. The van der Waals surface area contributed by atoms with Gasteiger partial charge in [-0.3, -0.25) is 14.4 Å². The van der Waals surface area contributed by atoms with Crippen LogP contribution in [-0.4, -0.2) is 35.9 Å². The summed E-state index contributed by atoms with van der Waals surface area (Å²) < 4.78 is 5.48. The smallest absolute Gasteiger partial charge is 0.303 e. The lowest BCUT2D eigenvalue weighted by atomic mass is 10.0. The van der Waals surface area contributed by atoms with Gasteiger partial charge in [-0.15, -0.1) is 0 Å². The van der Waals surface area contributed by atoms with Crippen molar-refractivity contribution in [3.05, 3.63) is 23.8 Å². The number of ketones is 1. The normalized spacial score (nSPS) is 13.3. The van der Waals surface area contributed by atoms with E-state index in [0.717, 1.165) is 0 Å². The number of anilines is 1. The molecule has 1 aliphatic heterocycles. The van der Waals surface area contributed by atoms with Crippen molar-refractivity contribution >= 4 is 23.3 Å². The maximum absolute atomic E-state index is 12.0. The molecule has 0 atom stereocenters. The Hall–Kier alpha value is -2.37. The first kappa shape index (κ1) is 15.0. The summed E-state index contributed by atoms with van der Waals surface area (Å²) in [7, 11) is 0. The minimum atomic E-state index is -1.01. The molecule has 0 aliphatic carbocycles. The van der Waals surface area contributed by atoms with Crippen LogP contribution < -0.4 is 9.64 Å². The number of aliphatic carboxylic acids is 1. The van der Waals surface area contributed by atoms with E-state index in [1.165, 1.54) is 0 Å². The topological polar surface area (TPSA) is 83.9 Å². The van der Waals surface area contributed by atoms with E-state index in [-0.39, 0.29) is 24.5 Å². The van der Waals surface area contributed by atoms with E-state index in [2.05, 4.69) is 0 Å². The number of hydrogen-bond donors (Lipinski definition) is 1. The van der Waals surface area contributed by atoms with Gasteiger partial charge in [0, 0.05) is 18.4 Å². The van der Waals surface area contributed by atoms with Gasteiger partial charge in [-0.05, 0) is 18.2 Å². The highest BCUT2D eigenvalue weighted by molar-refractivity contribution is 6.01. The summed E-state index contributed by atoms with van der Waals surface area (Å²) in [6, 6.07) is 4.85. The van der Waals surface area contributed by atoms with Crippen LogP contribution in [0.5, 0.6) is 5.75 Å². The molecule has 0 bridgehead atoms. The van der Waals surface area contributed by atoms with Crippen molar-refractivity contribution in [1.82, 2.24) is 0 Å². The van der Waals surface area contributed by atoms with E-state index in [0.29, 0.717) is 36.6 Å². The molecule has 1 N–H and O–H groups in total. The number of benzene rings is 1.